The third kappa shape index (κ3) is 2.70. The Hall–Kier alpha value is -0.850. The summed E-state index contributed by atoms with van der Waals surface area (Å²) in [5.41, 5.74) is -0.641. The Morgan fingerprint density at radius 3 is 2.74 bits per heavy atom. The van der Waals surface area contributed by atoms with Gasteiger partial charge in [0.1, 0.15) is 4.33 Å². The molecular weight excluding hydrogens is 311 g/mol. The van der Waals surface area contributed by atoms with Gasteiger partial charge in [0.15, 0.2) is 10.8 Å². The minimum Gasteiger partial charge on any atom is -0.461 e. The van der Waals surface area contributed by atoms with Crippen LogP contribution in [-0.4, -0.2) is 27.8 Å². The number of carbonyl (C=O) groups excluding carboxylic acids is 2. The average Bonchev–Trinajstić information content (AvgIpc) is 2.70. The lowest BCUT2D eigenvalue weighted by atomic mass is 10.1. The van der Waals surface area contributed by atoms with Crippen LogP contribution in [0.25, 0.3) is 0 Å². The first kappa shape index (κ1) is 14.6. The van der Waals surface area contributed by atoms with Crippen LogP contribution in [0.5, 0.6) is 0 Å². The Morgan fingerprint density at radius 1 is 1.58 bits per heavy atom. The summed E-state index contributed by atoms with van der Waals surface area (Å²) in [5, 5.41) is 4.46. The Labute approximate surface area is 124 Å². The number of anilines is 1. The molecule has 5 nitrogen and oxygen atoms in total. The highest BCUT2D eigenvalue weighted by molar-refractivity contribution is 7.14. The van der Waals surface area contributed by atoms with Gasteiger partial charge in [0, 0.05) is 5.38 Å². The topological polar surface area (TPSA) is 68.3 Å². The van der Waals surface area contributed by atoms with Gasteiger partial charge in [-0.1, -0.05) is 0 Å². The molecule has 0 unspecified atom stereocenters. The van der Waals surface area contributed by atoms with Crippen molar-refractivity contribution in [2.45, 2.75) is 24.6 Å². The molecule has 0 radical (unpaired) electrons. The molecule has 1 saturated carbocycles. The Morgan fingerprint density at radius 2 is 2.21 bits per heavy atom. The van der Waals surface area contributed by atoms with Crippen LogP contribution in [0.1, 0.15) is 30.8 Å². The number of nitrogens with zero attached hydrogens (tertiary/aromatic N) is 1. The fraction of sp³-hybridized carbons (Fsp3) is 0.545. The van der Waals surface area contributed by atoms with Crippen LogP contribution in [0.2, 0.25) is 0 Å². The van der Waals surface area contributed by atoms with E-state index in [0.717, 1.165) is 11.3 Å². The van der Waals surface area contributed by atoms with Crippen molar-refractivity contribution < 1.29 is 14.3 Å². The van der Waals surface area contributed by atoms with E-state index >= 15 is 0 Å². The van der Waals surface area contributed by atoms with E-state index in [2.05, 4.69) is 10.3 Å². The largest absolute Gasteiger partial charge is 0.461 e. The minimum absolute atomic E-state index is 0.172. The van der Waals surface area contributed by atoms with E-state index in [1.807, 2.05) is 0 Å². The van der Waals surface area contributed by atoms with Crippen LogP contribution in [0, 0.1) is 5.41 Å². The zero-order valence-electron chi connectivity index (χ0n) is 10.3. The van der Waals surface area contributed by atoms with Crippen molar-refractivity contribution in [3.63, 3.8) is 0 Å². The normalized spacial score (nSPS) is 23.8. The second kappa shape index (κ2) is 4.92. The second-order valence-corrected chi connectivity index (χ2v) is 6.77. The molecule has 0 spiro atoms. The highest BCUT2D eigenvalue weighted by atomic mass is 35.5. The highest BCUT2D eigenvalue weighted by Gasteiger charge is 2.68. The third-order valence-electron chi connectivity index (χ3n) is 2.97. The van der Waals surface area contributed by atoms with Gasteiger partial charge in [-0.15, -0.1) is 34.5 Å². The molecular formula is C11H12Cl2N2O3S. The van der Waals surface area contributed by atoms with Crippen molar-refractivity contribution in [3.05, 3.63) is 11.1 Å². The number of aromatic nitrogens is 1. The maximum absolute atomic E-state index is 12.0. The van der Waals surface area contributed by atoms with Crippen molar-refractivity contribution in [1.82, 2.24) is 4.98 Å². The molecule has 19 heavy (non-hydrogen) atoms. The lowest BCUT2D eigenvalue weighted by Crippen LogP contribution is -2.25. The molecule has 1 atom stereocenters. The van der Waals surface area contributed by atoms with Crippen molar-refractivity contribution in [2.75, 3.05) is 11.9 Å². The number of hydrogen-bond acceptors (Lipinski definition) is 5. The molecule has 2 rings (SSSR count). The number of thiazole rings is 1. The number of amides is 1. The molecule has 1 aromatic rings. The van der Waals surface area contributed by atoms with Gasteiger partial charge >= 0.3 is 5.97 Å². The third-order valence-corrected chi connectivity index (χ3v) is 4.83. The number of halogens is 2. The summed E-state index contributed by atoms with van der Waals surface area (Å²) in [6, 6.07) is 0. The second-order valence-electron chi connectivity index (χ2n) is 4.43. The zero-order chi connectivity index (χ0) is 14.3. The predicted molar refractivity (Wildman–Crippen MR) is 73.9 cm³/mol. The van der Waals surface area contributed by atoms with E-state index in [-0.39, 0.29) is 18.2 Å². The first-order valence-corrected chi connectivity index (χ1v) is 7.25. The monoisotopic (exact) mass is 322 g/mol. The van der Waals surface area contributed by atoms with Crippen LogP contribution in [0.15, 0.2) is 5.38 Å². The van der Waals surface area contributed by atoms with Gasteiger partial charge in [-0.05, 0) is 20.3 Å². The molecule has 1 fully saturated rings. The maximum atomic E-state index is 12.0. The quantitative estimate of drug-likeness (QED) is 0.683. The molecule has 104 valence electrons. The summed E-state index contributed by atoms with van der Waals surface area (Å²) in [5.74, 6) is -0.817. The van der Waals surface area contributed by atoms with E-state index < -0.39 is 15.7 Å². The van der Waals surface area contributed by atoms with Crippen LogP contribution in [0.3, 0.4) is 0 Å². The van der Waals surface area contributed by atoms with Gasteiger partial charge < -0.3 is 10.1 Å². The van der Waals surface area contributed by atoms with Crippen LogP contribution in [-0.2, 0) is 9.53 Å². The van der Waals surface area contributed by atoms with Crippen LogP contribution in [0.4, 0.5) is 5.13 Å². The van der Waals surface area contributed by atoms with Gasteiger partial charge in [-0.2, -0.15) is 0 Å². The van der Waals surface area contributed by atoms with Crippen molar-refractivity contribution in [2.24, 2.45) is 5.41 Å². The Kier molecular flexibility index (Phi) is 3.77. The summed E-state index contributed by atoms with van der Waals surface area (Å²) in [4.78, 5) is 27.4. The van der Waals surface area contributed by atoms with Gasteiger partial charge in [-0.3, -0.25) is 4.79 Å². The molecule has 0 bridgehead atoms. The molecule has 0 saturated heterocycles. The van der Waals surface area contributed by atoms with Crippen LogP contribution >= 0.6 is 34.5 Å². The number of esters is 1. The first-order valence-electron chi connectivity index (χ1n) is 5.62. The first-order chi connectivity index (χ1) is 8.80. The number of hydrogen-bond donors (Lipinski definition) is 1. The van der Waals surface area contributed by atoms with Crippen LogP contribution < -0.4 is 5.32 Å². The summed E-state index contributed by atoms with van der Waals surface area (Å²) in [7, 11) is 0. The van der Waals surface area contributed by atoms with E-state index in [1.165, 1.54) is 5.38 Å². The van der Waals surface area contributed by atoms with E-state index in [1.54, 1.807) is 13.8 Å². The Bertz CT molecular complexity index is 532. The number of nitrogens with one attached hydrogen (secondary N) is 1. The fourth-order valence-corrected chi connectivity index (χ4v) is 2.89. The molecule has 1 aliphatic rings. The van der Waals surface area contributed by atoms with Gasteiger partial charge in [0.25, 0.3) is 0 Å². The molecule has 0 aliphatic heterocycles. The summed E-state index contributed by atoms with van der Waals surface area (Å²) >= 11 is 13.0. The van der Waals surface area contributed by atoms with E-state index in [4.69, 9.17) is 27.9 Å². The molecule has 1 amide bonds. The molecule has 1 heterocycles. The van der Waals surface area contributed by atoms with E-state index in [0.29, 0.717) is 11.6 Å². The van der Waals surface area contributed by atoms with Gasteiger partial charge in [-0.25, -0.2) is 9.78 Å². The number of alkyl halides is 2. The fourth-order valence-electron chi connectivity index (χ4n) is 1.51. The molecule has 1 N–H and O–H groups in total. The molecule has 8 heteroatoms. The van der Waals surface area contributed by atoms with Crippen molar-refractivity contribution in [1.29, 1.82) is 0 Å². The number of rotatable bonds is 4. The summed E-state index contributed by atoms with van der Waals surface area (Å²) in [6.45, 7) is 3.67. The minimum atomic E-state index is -1.03. The number of ether oxygens (including phenoxy) is 1. The van der Waals surface area contributed by atoms with Crippen molar-refractivity contribution >= 4 is 51.5 Å². The highest BCUT2D eigenvalue weighted by Crippen LogP contribution is 2.64. The molecule has 1 aliphatic carbocycles. The SMILES string of the molecule is CCOC(=O)c1csc(NC(=O)[C@@]2(C)CC2(Cl)Cl)n1. The lowest BCUT2D eigenvalue weighted by molar-refractivity contribution is -0.120. The molecule has 0 aromatic carbocycles. The average molecular weight is 323 g/mol. The standard InChI is InChI=1S/C11H12Cl2N2O3S/c1-3-18-7(16)6-4-19-9(14-6)15-8(17)10(2)5-11(10,12)13/h4H,3,5H2,1-2H3,(H,14,15,17)/t10-/m1/s1. The summed E-state index contributed by atoms with van der Waals surface area (Å²) < 4.78 is 3.78. The smallest absolute Gasteiger partial charge is 0.357 e. The zero-order valence-corrected chi connectivity index (χ0v) is 12.7. The Balaban J connectivity index is 2.01. The van der Waals surface area contributed by atoms with Crippen molar-refractivity contribution in [3.8, 4) is 0 Å². The molecule has 1 aromatic heterocycles. The lowest BCUT2D eigenvalue weighted by Gasteiger charge is -2.10. The predicted octanol–water partition coefficient (Wildman–Crippen LogP) is 2.84. The number of carbonyl (C=O) groups is 2. The van der Waals surface area contributed by atoms with Gasteiger partial charge in [0.2, 0.25) is 5.91 Å². The summed E-state index contributed by atoms with van der Waals surface area (Å²) in [6.07, 6.45) is 0.394. The van der Waals surface area contributed by atoms with Gasteiger partial charge in [0.05, 0.1) is 12.0 Å². The maximum Gasteiger partial charge on any atom is 0.357 e. The van der Waals surface area contributed by atoms with E-state index in [9.17, 15) is 9.59 Å².